The van der Waals surface area contributed by atoms with Crippen molar-refractivity contribution >= 4 is 0 Å². The maximum Gasteiger partial charge on any atom is 0.0760 e. The van der Waals surface area contributed by atoms with Gasteiger partial charge in [-0.2, -0.15) is 0 Å². The molecule has 0 aromatic heterocycles. The number of likely N-dealkylation sites (N-methyl/N-ethyl adjacent to an activating group) is 1. The SMILES string of the molecule is CCNCC(COC)N1CC(C)(C)OC(C)(C)C1. The Bertz CT molecular complexity index is 238. The molecule has 1 saturated heterocycles. The van der Waals surface area contributed by atoms with Gasteiger partial charge in [-0.3, -0.25) is 4.90 Å². The maximum absolute atomic E-state index is 6.12. The highest BCUT2D eigenvalue weighted by atomic mass is 16.5. The van der Waals surface area contributed by atoms with Gasteiger partial charge in [0.2, 0.25) is 0 Å². The van der Waals surface area contributed by atoms with E-state index >= 15 is 0 Å². The van der Waals surface area contributed by atoms with Gasteiger partial charge in [0.1, 0.15) is 0 Å². The molecule has 0 aromatic rings. The van der Waals surface area contributed by atoms with Crippen LogP contribution in [0.25, 0.3) is 0 Å². The summed E-state index contributed by atoms with van der Waals surface area (Å²) in [6.07, 6.45) is 0. The van der Waals surface area contributed by atoms with Crippen molar-refractivity contribution in [2.75, 3.05) is 39.9 Å². The second-order valence-corrected chi connectivity index (χ2v) is 6.44. The van der Waals surface area contributed by atoms with Crippen molar-refractivity contribution in [1.82, 2.24) is 10.2 Å². The van der Waals surface area contributed by atoms with Crippen LogP contribution in [0.2, 0.25) is 0 Å². The van der Waals surface area contributed by atoms with Crippen molar-refractivity contribution in [2.45, 2.75) is 51.9 Å². The highest BCUT2D eigenvalue weighted by molar-refractivity contribution is 4.92. The highest BCUT2D eigenvalue weighted by Gasteiger charge is 2.40. The molecule has 1 aliphatic heterocycles. The van der Waals surface area contributed by atoms with Crippen LogP contribution in [0.5, 0.6) is 0 Å². The third kappa shape index (κ3) is 4.84. The quantitative estimate of drug-likeness (QED) is 0.783. The molecule has 0 spiro atoms. The Kier molecular flexibility index (Phi) is 5.59. The van der Waals surface area contributed by atoms with Crippen LogP contribution < -0.4 is 5.32 Å². The average molecular weight is 258 g/mol. The molecule has 0 saturated carbocycles. The minimum atomic E-state index is -0.0973. The number of hydrogen-bond donors (Lipinski definition) is 1. The number of hydrogen-bond acceptors (Lipinski definition) is 4. The van der Waals surface area contributed by atoms with E-state index in [1.807, 2.05) is 0 Å². The summed E-state index contributed by atoms with van der Waals surface area (Å²) in [5.41, 5.74) is -0.195. The lowest BCUT2D eigenvalue weighted by Crippen LogP contribution is -2.61. The summed E-state index contributed by atoms with van der Waals surface area (Å²) in [5.74, 6) is 0. The van der Waals surface area contributed by atoms with Crippen molar-refractivity contribution in [3.05, 3.63) is 0 Å². The zero-order valence-corrected chi connectivity index (χ0v) is 12.9. The molecular formula is C14H30N2O2. The first-order valence-electron chi connectivity index (χ1n) is 6.93. The first-order chi connectivity index (χ1) is 8.29. The number of nitrogens with zero attached hydrogens (tertiary/aromatic N) is 1. The number of methoxy groups -OCH3 is 1. The van der Waals surface area contributed by atoms with Crippen molar-refractivity contribution in [3.8, 4) is 0 Å². The normalized spacial score (nSPS) is 25.0. The summed E-state index contributed by atoms with van der Waals surface area (Å²) in [5, 5.41) is 3.42. The third-order valence-corrected chi connectivity index (χ3v) is 3.23. The molecule has 0 bridgehead atoms. The van der Waals surface area contributed by atoms with Gasteiger partial charge in [0.25, 0.3) is 0 Å². The molecule has 1 heterocycles. The van der Waals surface area contributed by atoms with E-state index in [1.54, 1.807) is 7.11 Å². The average Bonchev–Trinajstić information content (AvgIpc) is 2.19. The van der Waals surface area contributed by atoms with E-state index in [2.05, 4.69) is 44.8 Å². The summed E-state index contributed by atoms with van der Waals surface area (Å²) in [6, 6.07) is 0.414. The molecular weight excluding hydrogens is 228 g/mol. The van der Waals surface area contributed by atoms with Gasteiger partial charge >= 0.3 is 0 Å². The van der Waals surface area contributed by atoms with Crippen LogP contribution in [-0.4, -0.2) is 62.0 Å². The third-order valence-electron chi connectivity index (χ3n) is 3.23. The molecule has 108 valence electrons. The van der Waals surface area contributed by atoms with Crippen molar-refractivity contribution < 1.29 is 9.47 Å². The van der Waals surface area contributed by atoms with E-state index in [0.29, 0.717) is 6.04 Å². The zero-order valence-electron chi connectivity index (χ0n) is 12.9. The lowest BCUT2D eigenvalue weighted by Gasteiger charge is -2.49. The largest absolute Gasteiger partial charge is 0.383 e. The minimum absolute atomic E-state index is 0.0973. The topological polar surface area (TPSA) is 33.7 Å². The van der Waals surface area contributed by atoms with Gasteiger partial charge < -0.3 is 14.8 Å². The molecule has 1 rings (SSSR count). The first-order valence-corrected chi connectivity index (χ1v) is 6.93. The zero-order chi connectivity index (χ0) is 13.8. The number of ether oxygens (including phenoxy) is 2. The molecule has 0 amide bonds. The monoisotopic (exact) mass is 258 g/mol. The van der Waals surface area contributed by atoms with Crippen LogP contribution in [0.1, 0.15) is 34.6 Å². The van der Waals surface area contributed by atoms with E-state index in [-0.39, 0.29) is 11.2 Å². The second-order valence-electron chi connectivity index (χ2n) is 6.44. The fourth-order valence-electron chi connectivity index (χ4n) is 2.90. The van der Waals surface area contributed by atoms with Gasteiger partial charge in [-0.1, -0.05) is 6.92 Å². The Balaban J connectivity index is 2.70. The lowest BCUT2D eigenvalue weighted by molar-refractivity contribution is -0.189. The predicted molar refractivity (Wildman–Crippen MR) is 75.0 cm³/mol. The Labute approximate surface area is 112 Å². The Morgan fingerprint density at radius 3 is 2.22 bits per heavy atom. The minimum Gasteiger partial charge on any atom is -0.383 e. The van der Waals surface area contributed by atoms with Crippen molar-refractivity contribution in [1.29, 1.82) is 0 Å². The number of rotatable bonds is 6. The molecule has 1 unspecified atom stereocenters. The molecule has 4 heteroatoms. The maximum atomic E-state index is 6.12. The molecule has 1 atom stereocenters. The molecule has 1 N–H and O–H groups in total. The predicted octanol–water partition coefficient (Wildman–Crippen LogP) is 1.50. The number of nitrogens with one attached hydrogen (secondary N) is 1. The van der Waals surface area contributed by atoms with E-state index < -0.39 is 0 Å². The van der Waals surface area contributed by atoms with Gasteiger partial charge in [-0.25, -0.2) is 0 Å². The Morgan fingerprint density at radius 1 is 1.22 bits per heavy atom. The summed E-state index contributed by atoms with van der Waals surface area (Å²) in [7, 11) is 1.77. The van der Waals surface area contributed by atoms with Crippen molar-refractivity contribution in [3.63, 3.8) is 0 Å². The molecule has 0 aliphatic carbocycles. The molecule has 18 heavy (non-hydrogen) atoms. The molecule has 0 radical (unpaired) electrons. The lowest BCUT2D eigenvalue weighted by atomic mass is 9.97. The van der Waals surface area contributed by atoms with Crippen molar-refractivity contribution in [2.24, 2.45) is 0 Å². The van der Waals surface area contributed by atoms with E-state index in [9.17, 15) is 0 Å². The molecule has 4 nitrogen and oxygen atoms in total. The van der Waals surface area contributed by atoms with Gasteiger partial charge in [0.05, 0.1) is 17.8 Å². The second kappa shape index (κ2) is 6.33. The first kappa shape index (κ1) is 15.9. The summed E-state index contributed by atoms with van der Waals surface area (Å²) in [4.78, 5) is 2.50. The van der Waals surface area contributed by atoms with Gasteiger partial charge in [0, 0.05) is 32.8 Å². The van der Waals surface area contributed by atoms with Gasteiger partial charge in [-0.05, 0) is 34.2 Å². The van der Waals surface area contributed by atoms with Crippen LogP contribution in [0.4, 0.5) is 0 Å². The van der Waals surface area contributed by atoms with Crippen LogP contribution in [-0.2, 0) is 9.47 Å². The standard InChI is InChI=1S/C14H30N2O2/c1-7-15-8-12(9-17-6)16-10-13(2,3)18-14(4,5)11-16/h12,15H,7-11H2,1-6H3. The fourth-order valence-corrected chi connectivity index (χ4v) is 2.90. The summed E-state index contributed by atoms with van der Waals surface area (Å²) >= 11 is 0. The molecule has 0 aromatic carbocycles. The smallest absolute Gasteiger partial charge is 0.0760 e. The highest BCUT2D eigenvalue weighted by Crippen LogP contribution is 2.29. The Hall–Kier alpha value is -0.160. The van der Waals surface area contributed by atoms with Crippen LogP contribution in [0, 0.1) is 0 Å². The summed E-state index contributed by atoms with van der Waals surface area (Å²) < 4.78 is 11.5. The summed E-state index contributed by atoms with van der Waals surface area (Å²) in [6.45, 7) is 15.4. The van der Waals surface area contributed by atoms with Crippen LogP contribution in [0.3, 0.4) is 0 Å². The van der Waals surface area contributed by atoms with Crippen LogP contribution in [0.15, 0.2) is 0 Å². The molecule has 1 aliphatic rings. The van der Waals surface area contributed by atoms with Crippen LogP contribution >= 0.6 is 0 Å². The van der Waals surface area contributed by atoms with E-state index in [0.717, 1.165) is 32.8 Å². The van der Waals surface area contributed by atoms with E-state index in [4.69, 9.17) is 9.47 Å². The fraction of sp³-hybridized carbons (Fsp3) is 1.00. The van der Waals surface area contributed by atoms with E-state index in [1.165, 1.54) is 0 Å². The van der Waals surface area contributed by atoms with Gasteiger partial charge in [-0.15, -0.1) is 0 Å². The van der Waals surface area contributed by atoms with Gasteiger partial charge in [0.15, 0.2) is 0 Å². The Morgan fingerprint density at radius 2 is 1.78 bits per heavy atom. The number of morpholine rings is 1. The molecule has 1 fully saturated rings.